The van der Waals surface area contributed by atoms with Crippen molar-refractivity contribution in [3.05, 3.63) is 29.3 Å². The van der Waals surface area contributed by atoms with E-state index in [2.05, 4.69) is 4.72 Å². The Kier molecular flexibility index (Phi) is 3.13. The number of nitrogens with two attached hydrogens (primary N) is 1. The van der Waals surface area contributed by atoms with E-state index in [4.69, 9.17) is 5.73 Å². The van der Waals surface area contributed by atoms with E-state index in [1.807, 2.05) is 19.1 Å². The van der Waals surface area contributed by atoms with E-state index in [1.165, 1.54) is 0 Å². The van der Waals surface area contributed by atoms with Gasteiger partial charge in [-0.25, -0.2) is 8.42 Å². The Balaban J connectivity index is 3.11. The summed E-state index contributed by atoms with van der Waals surface area (Å²) in [5, 5.41) is 0. The Morgan fingerprint density at radius 2 is 2.07 bits per heavy atom. The summed E-state index contributed by atoms with van der Waals surface area (Å²) >= 11 is 0. The van der Waals surface area contributed by atoms with Gasteiger partial charge in [0, 0.05) is 6.54 Å². The average molecular weight is 214 g/mol. The van der Waals surface area contributed by atoms with Crippen LogP contribution >= 0.6 is 0 Å². The standard InChI is InChI=1S/C9H14N2O2S/c1-7-3-4-8(6-10)9(5-7)11-14(2,12)13/h3-5,11H,6,10H2,1-2H3. The van der Waals surface area contributed by atoms with E-state index in [9.17, 15) is 8.42 Å². The molecule has 0 aliphatic carbocycles. The summed E-state index contributed by atoms with van der Waals surface area (Å²) in [6.45, 7) is 2.21. The Morgan fingerprint density at radius 3 is 2.57 bits per heavy atom. The Hall–Kier alpha value is -1.07. The molecule has 0 aromatic heterocycles. The van der Waals surface area contributed by atoms with Crippen LogP contribution in [0.15, 0.2) is 18.2 Å². The van der Waals surface area contributed by atoms with Gasteiger partial charge in [0.25, 0.3) is 0 Å². The first-order valence-electron chi connectivity index (χ1n) is 4.20. The van der Waals surface area contributed by atoms with Crippen LogP contribution in [0.1, 0.15) is 11.1 Å². The van der Waals surface area contributed by atoms with Crippen LogP contribution in [0.3, 0.4) is 0 Å². The van der Waals surface area contributed by atoms with Gasteiger partial charge in [-0.2, -0.15) is 0 Å². The van der Waals surface area contributed by atoms with Gasteiger partial charge in [0.1, 0.15) is 0 Å². The summed E-state index contributed by atoms with van der Waals surface area (Å²) in [5.74, 6) is 0. The maximum atomic E-state index is 11.0. The number of sulfonamides is 1. The first-order chi connectivity index (χ1) is 6.42. The molecule has 0 saturated carbocycles. The Morgan fingerprint density at radius 1 is 1.43 bits per heavy atom. The lowest BCUT2D eigenvalue weighted by molar-refractivity contribution is 0.606. The zero-order chi connectivity index (χ0) is 10.8. The molecule has 0 radical (unpaired) electrons. The highest BCUT2D eigenvalue weighted by molar-refractivity contribution is 7.92. The van der Waals surface area contributed by atoms with Gasteiger partial charge in [-0.3, -0.25) is 4.72 Å². The molecule has 0 heterocycles. The second kappa shape index (κ2) is 3.98. The highest BCUT2D eigenvalue weighted by Crippen LogP contribution is 2.17. The monoisotopic (exact) mass is 214 g/mol. The molecular formula is C9H14N2O2S. The molecule has 78 valence electrons. The van der Waals surface area contributed by atoms with Crippen LogP contribution in [-0.4, -0.2) is 14.7 Å². The van der Waals surface area contributed by atoms with E-state index in [1.54, 1.807) is 6.07 Å². The van der Waals surface area contributed by atoms with Crippen LogP contribution in [0.5, 0.6) is 0 Å². The quantitative estimate of drug-likeness (QED) is 0.782. The molecule has 0 amide bonds. The van der Waals surface area contributed by atoms with E-state index in [0.717, 1.165) is 17.4 Å². The lowest BCUT2D eigenvalue weighted by atomic mass is 10.1. The van der Waals surface area contributed by atoms with Crippen molar-refractivity contribution >= 4 is 15.7 Å². The molecule has 1 aromatic carbocycles. The molecule has 0 unspecified atom stereocenters. The maximum Gasteiger partial charge on any atom is 0.229 e. The number of hydrogen-bond donors (Lipinski definition) is 2. The average Bonchev–Trinajstić information content (AvgIpc) is 2.01. The zero-order valence-corrected chi connectivity index (χ0v) is 9.06. The van der Waals surface area contributed by atoms with Crippen molar-refractivity contribution in [2.75, 3.05) is 11.0 Å². The van der Waals surface area contributed by atoms with Crippen LogP contribution in [0.2, 0.25) is 0 Å². The third-order valence-corrected chi connectivity index (χ3v) is 2.37. The van der Waals surface area contributed by atoms with Crippen molar-refractivity contribution in [2.24, 2.45) is 5.73 Å². The SMILES string of the molecule is Cc1ccc(CN)c(NS(C)(=O)=O)c1. The van der Waals surface area contributed by atoms with Gasteiger partial charge in [0.15, 0.2) is 0 Å². The van der Waals surface area contributed by atoms with E-state index in [0.29, 0.717) is 12.2 Å². The van der Waals surface area contributed by atoms with E-state index in [-0.39, 0.29) is 0 Å². The van der Waals surface area contributed by atoms with Crippen LogP contribution in [0, 0.1) is 6.92 Å². The van der Waals surface area contributed by atoms with Crippen molar-refractivity contribution in [3.8, 4) is 0 Å². The van der Waals surface area contributed by atoms with E-state index >= 15 is 0 Å². The van der Waals surface area contributed by atoms with Gasteiger partial charge in [-0.1, -0.05) is 12.1 Å². The molecule has 0 aliphatic rings. The molecule has 0 spiro atoms. The molecule has 3 N–H and O–H groups in total. The molecule has 0 fully saturated rings. The van der Waals surface area contributed by atoms with Crippen LogP contribution < -0.4 is 10.5 Å². The zero-order valence-electron chi connectivity index (χ0n) is 8.24. The summed E-state index contributed by atoms with van der Waals surface area (Å²) in [5.41, 5.74) is 7.84. The molecule has 1 aromatic rings. The Labute approximate surface area is 84.2 Å². The predicted octanol–water partition coefficient (Wildman–Crippen LogP) is 0.825. The third-order valence-electron chi connectivity index (χ3n) is 1.78. The molecule has 14 heavy (non-hydrogen) atoms. The van der Waals surface area contributed by atoms with Gasteiger partial charge in [0.05, 0.1) is 11.9 Å². The largest absolute Gasteiger partial charge is 0.326 e. The van der Waals surface area contributed by atoms with Crippen molar-refractivity contribution in [1.29, 1.82) is 0 Å². The maximum absolute atomic E-state index is 11.0. The summed E-state index contributed by atoms with van der Waals surface area (Å²) < 4.78 is 24.5. The molecular weight excluding hydrogens is 200 g/mol. The van der Waals surface area contributed by atoms with Crippen molar-refractivity contribution in [2.45, 2.75) is 13.5 Å². The Bertz CT molecular complexity index is 426. The topological polar surface area (TPSA) is 72.2 Å². The van der Waals surface area contributed by atoms with Crippen molar-refractivity contribution in [3.63, 3.8) is 0 Å². The second-order valence-electron chi connectivity index (χ2n) is 3.24. The normalized spacial score (nSPS) is 11.4. The molecule has 0 bridgehead atoms. The van der Waals surface area contributed by atoms with Gasteiger partial charge in [-0.15, -0.1) is 0 Å². The number of aryl methyl sites for hydroxylation is 1. The minimum absolute atomic E-state index is 0.318. The minimum atomic E-state index is -3.23. The fourth-order valence-corrected chi connectivity index (χ4v) is 1.75. The third kappa shape index (κ3) is 3.01. The van der Waals surface area contributed by atoms with Crippen LogP contribution in [-0.2, 0) is 16.6 Å². The van der Waals surface area contributed by atoms with Crippen LogP contribution in [0.25, 0.3) is 0 Å². The first kappa shape index (κ1) is 11.0. The number of benzene rings is 1. The highest BCUT2D eigenvalue weighted by atomic mass is 32.2. The van der Waals surface area contributed by atoms with Crippen molar-refractivity contribution < 1.29 is 8.42 Å². The smallest absolute Gasteiger partial charge is 0.229 e. The van der Waals surface area contributed by atoms with Gasteiger partial charge < -0.3 is 5.73 Å². The number of anilines is 1. The summed E-state index contributed by atoms with van der Waals surface area (Å²) in [7, 11) is -3.23. The number of hydrogen-bond acceptors (Lipinski definition) is 3. The predicted molar refractivity (Wildman–Crippen MR) is 57.5 cm³/mol. The summed E-state index contributed by atoms with van der Waals surface area (Å²) in [6.07, 6.45) is 1.12. The lowest BCUT2D eigenvalue weighted by Crippen LogP contribution is -2.12. The number of rotatable bonds is 3. The highest BCUT2D eigenvalue weighted by Gasteiger charge is 2.06. The van der Waals surface area contributed by atoms with Crippen LogP contribution in [0.4, 0.5) is 5.69 Å². The van der Waals surface area contributed by atoms with Gasteiger partial charge >= 0.3 is 0 Å². The first-order valence-corrected chi connectivity index (χ1v) is 6.09. The van der Waals surface area contributed by atoms with Gasteiger partial charge in [0.2, 0.25) is 10.0 Å². The van der Waals surface area contributed by atoms with Crippen molar-refractivity contribution in [1.82, 2.24) is 0 Å². The molecule has 5 heteroatoms. The fraction of sp³-hybridized carbons (Fsp3) is 0.333. The lowest BCUT2D eigenvalue weighted by Gasteiger charge is -2.09. The molecule has 0 saturated heterocycles. The molecule has 1 rings (SSSR count). The minimum Gasteiger partial charge on any atom is -0.326 e. The summed E-state index contributed by atoms with van der Waals surface area (Å²) in [6, 6.07) is 5.49. The van der Waals surface area contributed by atoms with Gasteiger partial charge in [-0.05, 0) is 24.1 Å². The molecule has 4 nitrogen and oxygen atoms in total. The molecule has 0 aliphatic heterocycles. The number of nitrogens with one attached hydrogen (secondary N) is 1. The molecule has 0 atom stereocenters. The van der Waals surface area contributed by atoms with E-state index < -0.39 is 10.0 Å². The summed E-state index contributed by atoms with van der Waals surface area (Å²) in [4.78, 5) is 0. The second-order valence-corrected chi connectivity index (χ2v) is 4.99. The fourth-order valence-electron chi connectivity index (χ4n) is 1.16.